The SMILES string of the molecule is CC(C)c1cccc(NC(=O)CSc2ncccc2Cl)c1. The molecule has 0 spiro atoms. The summed E-state index contributed by atoms with van der Waals surface area (Å²) >= 11 is 7.34. The van der Waals surface area contributed by atoms with E-state index in [0.717, 1.165) is 5.69 Å². The summed E-state index contributed by atoms with van der Waals surface area (Å²) in [6.07, 6.45) is 1.66. The van der Waals surface area contributed by atoms with Gasteiger partial charge in [0.2, 0.25) is 5.91 Å². The Balaban J connectivity index is 1.93. The maximum absolute atomic E-state index is 12.0. The number of thioether (sulfide) groups is 1. The lowest BCUT2D eigenvalue weighted by Crippen LogP contribution is -2.14. The number of rotatable bonds is 5. The second-order valence-electron chi connectivity index (χ2n) is 4.91. The number of hydrogen-bond acceptors (Lipinski definition) is 3. The minimum atomic E-state index is -0.0670. The van der Waals surface area contributed by atoms with Gasteiger partial charge in [-0.2, -0.15) is 0 Å². The second-order valence-corrected chi connectivity index (χ2v) is 6.28. The number of anilines is 1. The number of halogens is 1. The molecule has 1 heterocycles. The van der Waals surface area contributed by atoms with E-state index < -0.39 is 0 Å². The largest absolute Gasteiger partial charge is 0.325 e. The van der Waals surface area contributed by atoms with Crippen molar-refractivity contribution < 1.29 is 4.79 Å². The highest BCUT2D eigenvalue weighted by atomic mass is 35.5. The fourth-order valence-electron chi connectivity index (χ4n) is 1.78. The van der Waals surface area contributed by atoms with Crippen LogP contribution in [-0.2, 0) is 4.79 Å². The molecule has 0 bridgehead atoms. The second kappa shape index (κ2) is 7.48. The minimum Gasteiger partial charge on any atom is -0.325 e. The fraction of sp³-hybridized carbons (Fsp3) is 0.250. The van der Waals surface area contributed by atoms with Crippen LogP contribution < -0.4 is 5.32 Å². The van der Waals surface area contributed by atoms with E-state index in [-0.39, 0.29) is 11.7 Å². The van der Waals surface area contributed by atoms with Crippen LogP contribution in [0.2, 0.25) is 5.02 Å². The highest BCUT2D eigenvalue weighted by molar-refractivity contribution is 8.00. The summed E-state index contributed by atoms with van der Waals surface area (Å²) in [6, 6.07) is 11.4. The van der Waals surface area contributed by atoms with Gasteiger partial charge in [-0.25, -0.2) is 4.98 Å². The van der Waals surface area contributed by atoms with E-state index in [2.05, 4.69) is 30.2 Å². The highest BCUT2D eigenvalue weighted by Crippen LogP contribution is 2.24. The van der Waals surface area contributed by atoms with Crippen LogP contribution in [0, 0.1) is 0 Å². The summed E-state index contributed by atoms with van der Waals surface area (Å²) in [6.45, 7) is 4.25. The molecule has 1 aromatic heterocycles. The molecule has 0 unspecified atom stereocenters. The average Bonchev–Trinajstić information content (AvgIpc) is 2.46. The number of benzene rings is 1. The van der Waals surface area contributed by atoms with Crippen LogP contribution in [-0.4, -0.2) is 16.6 Å². The van der Waals surface area contributed by atoms with E-state index in [4.69, 9.17) is 11.6 Å². The van der Waals surface area contributed by atoms with Crippen LogP contribution >= 0.6 is 23.4 Å². The average molecular weight is 321 g/mol. The molecule has 5 heteroatoms. The normalized spacial score (nSPS) is 10.7. The molecule has 0 radical (unpaired) electrons. The van der Waals surface area contributed by atoms with E-state index >= 15 is 0 Å². The van der Waals surface area contributed by atoms with Crippen molar-refractivity contribution >= 4 is 35.0 Å². The van der Waals surface area contributed by atoms with E-state index in [0.29, 0.717) is 16.0 Å². The zero-order valence-corrected chi connectivity index (χ0v) is 13.5. The maximum atomic E-state index is 12.0. The number of carbonyl (C=O) groups excluding carboxylic acids is 1. The predicted molar refractivity (Wildman–Crippen MR) is 89.1 cm³/mol. The molecule has 1 amide bonds. The van der Waals surface area contributed by atoms with Gasteiger partial charge in [0.05, 0.1) is 10.8 Å². The molecule has 110 valence electrons. The molecule has 1 aromatic carbocycles. The summed E-state index contributed by atoms with van der Waals surface area (Å²) in [5.41, 5.74) is 2.02. The minimum absolute atomic E-state index is 0.0670. The lowest BCUT2D eigenvalue weighted by atomic mass is 10.0. The Labute approximate surface area is 134 Å². The Morgan fingerprint density at radius 2 is 2.14 bits per heavy atom. The predicted octanol–water partition coefficient (Wildman–Crippen LogP) is 4.59. The molecule has 0 atom stereocenters. The van der Waals surface area contributed by atoms with Crippen LogP contribution in [0.4, 0.5) is 5.69 Å². The number of hydrogen-bond donors (Lipinski definition) is 1. The molecule has 21 heavy (non-hydrogen) atoms. The van der Waals surface area contributed by atoms with Crippen LogP contribution in [0.15, 0.2) is 47.6 Å². The molecule has 2 aromatic rings. The summed E-state index contributed by atoms with van der Waals surface area (Å²) in [7, 11) is 0. The van der Waals surface area contributed by atoms with E-state index in [1.165, 1.54) is 17.3 Å². The quantitative estimate of drug-likeness (QED) is 0.819. The summed E-state index contributed by atoms with van der Waals surface area (Å²) < 4.78 is 0. The molecule has 0 aliphatic heterocycles. The third-order valence-corrected chi connectivity index (χ3v) is 4.32. The van der Waals surface area contributed by atoms with Gasteiger partial charge in [-0.15, -0.1) is 0 Å². The molecule has 0 saturated heterocycles. The van der Waals surface area contributed by atoms with Gasteiger partial charge in [0, 0.05) is 11.9 Å². The zero-order chi connectivity index (χ0) is 15.2. The van der Waals surface area contributed by atoms with Crippen LogP contribution in [0.1, 0.15) is 25.3 Å². The Kier molecular flexibility index (Phi) is 5.65. The number of aromatic nitrogens is 1. The monoisotopic (exact) mass is 320 g/mol. The van der Waals surface area contributed by atoms with Gasteiger partial charge in [0.25, 0.3) is 0 Å². The highest BCUT2D eigenvalue weighted by Gasteiger charge is 2.08. The number of amides is 1. The lowest BCUT2D eigenvalue weighted by molar-refractivity contribution is -0.113. The van der Waals surface area contributed by atoms with Crippen molar-refractivity contribution in [3.05, 3.63) is 53.2 Å². The fourth-order valence-corrected chi connectivity index (χ4v) is 2.75. The smallest absolute Gasteiger partial charge is 0.234 e. The first-order valence-corrected chi connectivity index (χ1v) is 8.05. The Morgan fingerprint density at radius 3 is 2.86 bits per heavy atom. The van der Waals surface area contributed by atoms with Crippen LogP contribution in [0.3, 0.4) is 0 Å². The summed E-state index contributed by atoms with van der Waals surface area (Å²) in [4.78, 5) is 16.1. The number of pyridine rings is 1. The van der Waals surface area contributed by atoms with E-state index in [1.54, 1.807) is 18.3 Å². The first kappa shape index (κ1) is 15.9. The van der Waals surface area contributed by atoms with Gasteiger partial charge >= 0.3 is 0 Å². The molecule has 2 rings (SSSR count). The zero-order valence-electron chi connectivity index (χ0n) is 12.0. The molecular formula is C16H17ClN2OS. The first-order valence-electron chi connectivity index (χ1n) is 6.69. The van der Waals surface area contributed by atoms with E-state index in [9.17, 15) is 4.79 Å². The lowest BCUT2D eigenvalue weighted by Gasteiger charge is -2.09. The number of carbonyl (C=O) groups is 1. The van der Waals surface area contributed by atoms with Gasteiger partial charge in [0.1, 0.15) is 5.03 Å². The molecular weight excluding hydrogens is 304 g/mol. The third kappa shape index (κ3) is 4.76. The topological polar surface area (TPSA) is 42.0 Å². The molecule has 3 nitrogen and oxygen atoms in total. The number of nitrogens with one attached hydrogen (secondary N) is 1. The van der Waals surface area contributed by atoms with E-state index in [1.807, 2.05) is 18.2 Å². The summed E-state index contributed by atoms with van der Waals surface area (Å²) in [5, 5.41) is 4.13. The van der Waals surface area contributed by atoms with Gasteiger partial charge in [0.15, 0.2) is 0 Å². The van der Waals surface area contributed by atoms with Crippen LogP contribution in [0.5, 0.6) is 0 Å². The standard InChI is InChI=1S/C16H17ClN2OS/c1-11(2)12-5-3-6-13(9-12)19-15(20)10-21-16-14(17)7-4-8-18-16/h3-9,11H,10H2,1-2H3,(H,19,20). The van der Waals surface area contributed by atoms with Crippen molar-refractivity contribution in [2.24, 2.45) is 0 Å². The Morgan fingerprint density at radius 1 is 1.33 bits per heavy atom. The maximum Gasteiger partial charge on any atom is 0.234 e. The molecule has 0 saturated carbocycles. The molecule has 0 aliphatic rings. The number of nitrogens with zero attached hydrogens (tertiary/aromatic N) is 1. The van der Waals surface area contributed by atoms with Crippen molar-refractivity contribution in [3.63, 3.8) is 0 Å². The van der Waals surface area contributed by atoms with Crippen molar-refractivity contribution in [2.45, 2.75) is 24.8 Å². The molecule has 1 N–H and O–H groups in total. The van der Waals surface area contributed by atoms with Gasteiger partial charge in [-0.05, 0) is 35.7 Å². The van der Waals surface area contributed by atoms with Gasteiger partial charge in [-0.3, -0.25) is 4.79 Å². The van der Waals surface area contributed by atoms with Gasteiger partial charge in [-0.1, -0.05) is 49.3 Å². The van der Waals surface area contributed by atoms with Crippen molar-refractivity contribution in [1.82, 2.24) is 4.98 Å². The third-order valence-electron chi connectivity index (χ3n) is 2.90. The Hall–Kier alpha value is -1.52. The first-order chi connectivity index (χ1) is 10.1. The van der Waals surface area contributed by atoms with Crippen molar-refractivity contribution in [3.8, 4) is 0 Å². The Bertz CT molecular complexity index is 631. The van der Waals surface area contributed by atoms with Crippen LogP contribution in [0.25, 0.3) is 0 Å². The van der Waals surface area contributed by atoms with Crippen molar-refractivity contribution in [2.75, 3.05) is 11.1 Å². The van der Waals surface area contributed by atoms with Crippen molar-refractivity contribution in [1.29, 1.82) is 0 Å². The molecule has 0 aliphatic carbocycles. The van der Waals surface area contributed by atoms with Gasteiger partial charge < -0.3 is 5.32 Å². The molecule has 0 fully saturated rings. The summed E-state index contributed by atoms with van der Waals surface area (Å²) in [5.74, 6) is 0.647.